The summed E-state index contributed by atoms with van der Waals surface area (Å²) in [5.41, 5.74) is 0. The molecule has 0 bridgehead atoms. The number of nitrogens with one attached hydrogen (secondary N) is 2. The van der Waals surface area contributed by atoms with Crippen molar-refractivity contribution < 1.29 is 77.7 Å². The van der Waals surface area contributed by atoms with E-state index in [-0.39, 0.29) is 24.9 Å². The second kappa shape index (κ2) is 28.6. The standard InChI is InChI=1S/C21H25NO8.C15H21NO7.C5H2O.ClH/c1-5-6-7-12-27-30-20-18(22-14(2)23)21(29-17(13-25-3)19(20)24)28-16-10-8-15(26-4)9-11-16;1-8(18)16-12-14(20)13(19)11(7-17)23-15(12)22-10-5-3-9(21-2)4-6-10;1-2-3-4-5-6;/h8-11,17-21,24H,13H2,1-4H3,(H,22,23);3-6,11-15,17,19-20H,7H2,1-2H3,(H,16,18);1,5H;1H/t17?,18?,19-,20+,21+;11?,12?,13-,14+,15+;;/m00../s1. The van der Waals surface area contributed by atoms with E-state index in [1.165, 1.54) is 28.1 Å². The molecule has 0 spiro atoms. The predicted molar refractivity (Wildman–Crippen MR) is 214 cm³/mol. The number of hydrogen-bond acceptors (Lipinski definition) is 16. The first-order chi connectivity index (χ1) is 28.4. The van der Waals surface area contributed by atoms with Crippen LogP contribution in [0.2, 0.25) is 0 Å². The Morgan fingerprint density at radius 3 is 1.70 bits per heavy atom. The first-order valence-electron chi connectivity index (χ1n) is 17.6. The Morgan fingerprint density at radius 1 is 0.767 bits per heavy atom. The summed E-state index contributed by atoms with van der Waals surface area (Å²) in [6.45, 7) is 3.80. The normalized spacial score (nSPS) is 24.6. The number of rotatable bonds is 13. The van der Waals surface area contributed by atoms with Gasteiger partial charge in [0, 0.05) is 26.9 Å². The molecule has 19 heteroatoms. The molecule has 18 nitrogen and oxygen atoms in total. The van der Waals surface area contributed by atoms with Crippen LogP contribution in [0.3, 0.4) is 0 Å². The first-order valence-corrected chi connectivity index (χ1v) is 17.6. The largest absolute Gasteiger partial charge is 0.497 e. The Balaban J connectivity index is 0.000000532. The van der Waals surface area contributed by atoms with Crippen LogP contribution in [-0.2, 0) is 38.4 Å². The summed E-state index contributed by atoms with van der Waals surface area (Å²) in [5, 5.41) is 45.2. The Bertz CT molecular complexity index is 1840. The molecule has 6 N–H and O–H groups in total. The number of methoxy groups -OCH3 is 3. The van der Waals surface area contributed by atoms with E-state index in [0.29, 0.717) is 29.3 Å². The van der Waals surface area contributed by atoms with E-state index >= 15 is 0 Å². The fourth-order valence-electron chi connectivity index (χ4n) is 5.23. The molecule has 10 atom stereocenters. The summed E-state index contributed by atoms with van der Waals surface area (Å²) in [4.78, 5) is 42.6. The zero-order valence-electron chi connectivity index (χ0n) is 33.6. The van der Waals surface area contributed by atoms with Crippen molar-refractivity contribution in [3.05, 3.63) is 48.5 Å². The van der Waals surface area contributed by atoms with Gasteiger partial charge in [-0.2, -0.15) is 4.89 Å². The number of carbonyl (C=O) groups is 3. The second-order valence-corrected chi connectivity index (χ2v) is 12.0. The van der Waals surface area contributed by atoms with E-state index in [1.807, 2.05) is 11.8 Å². The molecule has 2 fully saturated rings. The molecule has 2 aliphatic rings. The van der Waals surface area contributed by atoms with Crippen molar-refractivity contribution in [2.24, 2.45) is 0 Å². The zero-order valence-corrected chi connectivity index (χ0v) is 34.4. The fourth-order valence-corrected chi connectivity index (χ4v) is 5.23. The van der Waals surface area contributed by atoms with Crippen LogP contribution in [0.5, 0.6) is 23.0 Å². The number of hydrogen-bond donors (Lipinski definition) is 6. The molecular weight excluding hydrogens is 812 g/mol. The van der Waals surface area contributed by atoms with Gasteiger partial charge in [0.1, 0.15) is 65.6 Å². The molecule has 2 aliphatic heterocycles. The van der Waals surface area contributed by atoms with E-state index in [2.05, 4.69) is 46.8 Å². The molecule has 326 valence electrons. The first kappa shape index (κ1) is 52.3. The van der Waals surface area contributed by atoms with Gasteiger partial charge in [0.2, 0.25) is 24.4 Å². The van der Waals surface area contributed by atoms with E-state index < -0.39 is 73.8 Å². The van der Waals surface area contributed by atoms with Crippen LogP contribution in [0.15, 0.2) is 48.5 Å². The highest BCUT2D eigenvalue weighted by atomic mass is 35.5. The smallest absolute Gasteiger partial charge is 0.223 e. The maximum atomic E-state index is 11.8. The van der Waals surface area contributed by atoms with Crippen molar-refractivity contribution in [3.63, 3.8) is 0 Å². The van der Waals surface area contributed by atoms with E-state index in [4.69, 9.17) is 42.9 Å². The number of halogens is 1. The van der Waals surface area contributed by atoms with Crippen LogP contribution < -0.4 is 29.6 Å². The summed E-state index contributed by atoms with van der Waals surface area (Å²) in [5.74, 6) is 15.0. The minimum Gasteiger partial charge on any atom is -0.497 e. The zero-order chi connectivity index (χ0) is 43.7. The molecule has 2 aromatic rings. The van der Waals surface area contributed by atoms with Crippen LogP contribution in [0.25, 0.3) is 0 Å². The summed E-state index contributed by atoms with van der Waals surface area (Å²) in [6.07, 6.45) is -1.49. The lowest BCUT2D eigenvalue weighted by molar-refractivity contribution is -0.344. The van der Waals surface area contributed by atoms with E-state index in [1.54, 1.807) is 62.6 Å². The Labute approximate surface area is 354 Å². The number of amides is 2. The highest BCUT2D eigenvalue weighted by Gasteiger charge is 2.49. The topological polar surface area (TPSA) is 239 Å². The SMILES string of the molecule is C#CC#CC=O.CC#CC#COO[C@@H]1C(NC(C)=O)[C@H](Oc2ccc(OC)cc2)OC(COC)[C@@H]1O.COc1ccc(O[C@@H]2OC(CO)[C@H](O)[C@H](O)C2NC(C)=O)cc1.Cl. The molecule has 0 saturated carbocycles. The summed E-state index contributed by atoms with van der Waals surface area (Å²) in [7, 11) is 4.56. The van der Waals surface area contributed by atoms with Gasteiger partial charge in [-0.1, -0.05) is 5.92 Å². The van der Waals surface area contributed by atoms with Crippen LogP contribution in [0.1, 0.15) is 20.8 Å². The average molecular weight is 861 g/mol. The Kier molecular flexibility index (Phi) is 25.0. The van der Waals surface area contributed by atoms with Crippen molar-refractivity contribution in [2.75, 3.05) is 34.5 Å². The molecule has 2 aromatic carbocycles. The van der Waals surface area contributed by atoms with Gasteiger partial charge in [-0.25, -0.2) is 0 Å². The maximum absolute atomic E-state index is 11.8. The summed E-state index contributed by atoms with van der Waals surface area (Å²) in [6, 6.07) is 11.6. The molecule has 2 saturated heterocycles. The molecule has 2 amide bonds. The third-order valence-corrected chi connectivity index (χ3v) is 7.89. The molecule has 4 unspecified atom stereocenters. The number of ether oxygens (including phenoxy) is 7. The van der Waals surface area contributed by atoms with Crippen LogP contribution in [0, 0.1) is 48.1 Å². The fraction of sp³-hybridized carbons (Fsp3) is 0.439. The minimum absolute atomic E-state index is 0. The van der Waals surface area contributed by atoms with Gasteiger partial charge in [0.05, 0.1) is 27.4 Å². The third kappa shape index (κ3) is 17.2. The van der Waals surface area contributed by atoms with Crippen molar-refractivity contribution >= 4 is 30.5 Å². The lowest BCUT2D eigenvalue weighted by Gasteiger charge is -2.42. The van der Waals surface area contributed by atoms with Crippen molar-refractivity contribution in [1.82, 2.24) is 10.6 Å². The van der Waals surface area contributed by atoms with Gasteiger partial charge in [-0.05, 0) is 79.1 Å². The number of carbonyl (C=O) groups excluding carboxylic acids is 3. The van der Waals surface area contributed by atoms with Gasteiger partial charge in [-0.3, -0.25) is 19.3 Å². The number of aliphatic hydroxyl groups is 4. The van der Waals surface area contributed by atoms with E-state index in [9.17, 15) is 34.8 Å². The van der Waals surface area contributed by atoms with E-state index in [0.717, 1.165) is 0 Å². The van der Waals surface area contributed by atoms with Crippen molar-refractivity contribution in [1.29, 1.82) is 0 Å². The molecule has 4 rings (SSSR count). The number of aliphatic hydroxyl groups excluding tert-OH is 4. The molecular formula is C41H49ClN2O16. The number of aldehydes is 1. The maximum Gasteiger partial charge on any atom is 0.223 e. The minimum atomic E-state index is -1.34. The summed E-state index contributed by atoms with van der Waals surface area (Å²) < 4.78 is 38.2. The summed E-state index contributed by atoms with van der Waals surface area (Å²) >= 11 is 0. The van der Waals surface area contributed by atoms with Crippen LogP contribution >= 0.6 is 12.4 Å². The van der Waals surface area contributed by atoms with Gasteiger partial charge in [0.25, 0.3) is 0 Å². The van der Waals surface area contributed by atoms with Crippen LogP contribution in [0.4, 0.5) is 0 Å². The van der Waals surface area contributed by atoms with Crippen LogP contribution in [-0.4, -0.2) is 134 Å². The highest BCUT2D eigenvalue weighted by Crippen LogP contribution is 2.28. The third-order valence-electron chi connectivity index (χ3n) is 7.89. The van der Waals surface area contributed by atoms with Crippen molar-refractivity contribution in [2.45, 2.75) is 82.1 Å². The molecule has 0 aromatic heterocycles. The number of terminal acetylenes is 1. The lowest BCUT2D eigenvalue weighted by Crippen LogP contribution is -2.66. The average Bonchev–Trinajstić information content (AvgIpc) is 3.23. The van der Waals surface area contributed by atoms with Gasteiger partial charge >= 0.3 is 0 Å². The van der Waals surface area contributed by atoms with Gasteiger partial charge in [0.15, 0.2) is 18.5 Å². The Morgan fingerprint density at radius 2 is 1.27 bits per heavy atom. The van der Waals surface area contributed by atoms with Crippen molar-refractivity contribution in [3.8, 4) is 71.1 Å². The molecule has 60 heavy (non-hydrogen) atoms. The van der Waals surface area contributed by atoms with Gasteiger partial charge in [-0.15, -0.1) is 18.8 Å². The quantitative estimate of drug-likeness (QED) is 0.0666. The monoisotopic (exact) mass is 860 g/mol. The predicted octanol–water partition coefficient (Wildman–Crippen LogP) is -0.127. The molecule has 0 radical (unpaired) electrons. The Hall–Kier alpha value is -5.74. The lowest BCUT2D eigenvalue weighted by atomic mass is 9.97. The van der Waals surface area contributed by atoms with Gasteiger partial charge < -0.3 is 64.2 Å². The molecule has 2 heterocycles. The molecule has 0 aliphatic carbocycles. The highest BCUT2D eigenvalue weighted by molar-refractivity contribution is 5.85. The number of benzene rings is 2. The second-order valence-electron chi connectivity index (χ2n) is 12.0.